The molecule has 0 atom stereocenters. The maximum atomic E-state index is 14.0. The van der Waals surface area contributed by atoms with Gasteiger partial charge in [0.05, 0.1) is 10.5 Å². The molecule has 1 aliphatic heterocycles. The first kappa shape index (κ1) is 21.5. The van der Waals surface area contributed by atoms with Crippen molar-refractivity contribution in [1.29, 1.82) is 0 Å². The molecular formula is C20H17ClFNO4S2. The van der Waals surface area contributed by atoms with Crippen LogP contribution in [-0.4, -0.2) is 32.7 Å². The largest absolute Gasteiger partial charge is 0.481 e. The molecule has 1 aromatic carbocycles. The van der Waals surface area contributed by atoms with E-state index >= 15 is 0 Å². The molecule has 2 aromatic rings. The molecule has 0 spiro atoms. The standard InChI is InChI=1S/C20H17ClFNO4S2/c21-12-5-7-15(22)14(10-12)16-8-6-13(27-16)11-17-19(26)23(20(28)29-17)9-3-1-2-4-18(24)25/h5-8,10-11H,1-4,9H2,(H,24,25)/b17-11-. The van der Waals surface area contributed by atoms with Crippen LogP contribution in [0.25, 0.3) is 17.4 Å². The Bertz CT molecular complexity index is 989. The number of amides is 1. The predicted octanol–water partition coefficient (Wildman–Crippen LogP) is 5.59. The number of carbonyl (C=O) groups is 2. The summed E-state index contributed by atoms with van der Waals surface area (Å²) in [6.07, 6.45) is 3.64. The van der Waals surface area contributed by atoms with Crippen molar-refractivity contribution in [3.05, 3.63) is 51.8 Å². The second-order valence-electron chi connectivity index (χ2n) is 6.36. The molecule has 5 nitrogen and oxygen atoms in total. The normalized spacial score (nSPS) is 15.5. The lowest BCUT2D eigenvalue weighted by Gasteiger charge is -2.13. The smallest absolute Gasteiger partial charge is 0.303 e. The molecule has 3 rings (SSSR count). The van der Waals surface area contributed by atoms with E-state index in [0.29, 0.717) is 51.6 Å². The lowest BCUT2D eigenvalue weighted by atomic mass is 10.1. The number of carboxylic acids is 1. The highest BCUT2D eigenvalue weighted by Crippen LogP contribution is 2.34. The highest BCUT2D eigenvalue weighted by atomic mass is 35.5. The van der Waals surface area contributed by atoms with Gasteiger partial charge in [0.1, 0.15) is 21.7 Å². The SMILES string of the molecule is O=C(O)CCCCCN1C(=O)/C(=C/c2ccc(-c3cc(Cl)ccc3F)o2)SC1=S. The van der Waals surface area contributed by atoms with Gasteiger partial charge in [-0.1, -0.05) is 42.0 Å². The van der Waals surface area contributed by atoms with Crippen LogP contribution in [0.3, 0.4) is 0 Å². The monoisotopic (exact) mass is 453 g/mol. The molecule has 29 heavy (non-hydrogen) atoms. The van der Waals surface area contributed by atoms with Crippen LogP contribution < -0.4 is 0 Å². The summed E-state index contributed by atoms with van der Waals surface area (Å²) in [7, 11) is 0. The van der Waals surface area contributed by atoms with E-state index in [1.165, 1.54) is 34.9 Å². The third-order valence-corrected chi connectivity index (χ3v) is 5.85. The van der Waals surface area contributed by atoms with Crippen molar-refractivity contribution in [2.45, 2.75) is 25.7 Å². The molecule has 1 fully saturated rings. The van der Waals surface area contributed by atoms with Crippen molar-refractivity contribution < 1.29 is 23.5 Å². The van der Waals surface area contributed by atoms with Crippen molar-refractivity contribution >= 4 is 57.9 Å². The maximum absolute atomic E-state index is 14.0. The lowest BCUT2D eigenvalue weighted by Crippen LogP contribution is -2.29. The van der Waals surface area contributed by atoms with Crippen LogP contribution in [-0.2, 0) is 9.59 Å². The first-order valence-electron chi connectivity index (χ1n) is 8.87. The molecule has 152 valence electrons. The Labute approximate surface area is 181 Å². The molecule has 0 radical (unpaired) electrons. The van der Waals surface area contributed by atoms with Gasteiger partial charge in [-0.3, -0.25) is 14.5 Å². The van der Waals surface area contributed by atoms with Crippen LogP contribution in [0.4, 0.5) is 4.39 Å². The first-order valence-corrected chi connectivity index (χ1v) is 10.5. The highest BCUT2D eigenvalue weighted by Gasteiger charge is 2.31. The number of unbranched alkanes of at least 4 members (excludes halogenated alkanes) is 2. The van der Waals surface area contributed by atoms with Crippen LogP contribution >= 0.6 is 35.6 Å². The van der Waals surface area contributed by atoms with Crippen molar-refractivity contribution in [1.82, 2.24) is 4.90 Å². The number of furan rings is 1. The highest BCUT2D eigenvalue weighted by molar-refractivity contribution is 8.26. The molecule has 1 aliphatic rings. The van der Waals surface area contributed by atoms with Crippen LogP contribution in [0.1, 0.15) is 31.4 Å². The van der Waals surface area contributed by atoms with Crippen LogP contribution in [0.2, 0.25) is 5.02 Å². The fraction of sp³-hybridized carbons (Fsp3) is 0.250. The quantitative estimate of drug-likeness (QED) is 0.319. The molecule has 0 saturated carbocycles. The number of thiocarbonyl (C=S) groups is 1. The van der Waals surface area contributed by atoms with E-state index in [0.717, 1.165) is 0 Å². The summed E-state index contributed by atoms with van der Waals surface area (Å²) < 4.78 is 20.1. The predicted molar refractivity (Wildman–Crippen MR) is 115 cm³/mol. The van der Waals surface area contributed by atoms with Crippen molar-refractivity contribution in [3.63, 3.8) is 0 Å². The van der Waals surface area contributed by atoms with Crippen molar-refractivity contribution in [3.8, 4) is 11.3 Å². The summed E-state index contributed by atoms with van der Waals surface area (Å²) in [6.45, 7) is 0.443. The number of carbonyl (C=O) groups excluding carboxylic acids is 1. The number of halogens is 2. The van der Waals surface area contributed by atoms with Gasteiger partial charge in [-0.25, -0.2) is 4.39 Å². The summed E-state index contributed by atoms with van der Waals surface area (Å²) in [5.74, 6) is -0.782. The van der Waals surface area contributed by atoms with E-state index in [1.54, 1.807) is 18.2 Å². The molecule has 1 saturated heterocycles. The number of thioether (sulfide) groups is 1. The van der Waals surface area contributed by atoms with Crippen LogP contribution in [0.5, 0.6) is 0 Å². The van der Waals surface area contributed by atoms with E-state index in [1.807, 2.05) is 0 Å². The number of benzene rings is 1. The molecule has 2 heterocycles. The number of carboxylic acid groups (broad SMARTS) is 1. The van der Waals surface area contributed by atoms with Gasteiger partial charge in [0, 0.05) is 24.1 Å². The topological polar surface area (TPSA) is 70.8 Å². The van der Waals surface area contributed by atoms with Gasteiger partial charge in [-0.15, -0.1) is 0 Å². The second kappa shape index (κ2) is 9.56. The molecule has 1 N–H and O–H groups in total. The Morgan fingerprint density at radius 3 is 2.83 bits per heavy atom. The van der Waals surface area contributed by atoms with E-state index in [-0.39, 0.29) is 17.9 Å². The zero-order chi connectivity index (χ0) is 21.0. The minimum Gasteiger partial charge on any atom is -0.481 e. The van der Waals surface area contributed by atoms with E-state index in [9.17, 15) is 14.0 Å². The molecular weight excluding hydrogens is 437 g/mol. The van der Waals surface area contributed by atoms with E-state index < -0.39 is 11.8 Å². The van der Waals surface area contributed by atoms with Crippen LogP contribution in [0, 0.1) is 5.82 Å². The average Bonchev–Trinajstić information content (AvgIpc) is 3.23. The zero-order valence-electron chi connectivity index (χ0n) is 15.2. The van der Waals surface area contributed by atoms with Crippen molar-refractivity contribution in [2.24, 2.45) is 0 Å². The summed E-state index contributed by atoms with van der Waals surface area (Å²) in [5.41, 5.74) is 0.242. The van der Waals surface area contributed by atoms with Gasteiger partial charge in [-0.05, 0) is 43.2 Å². The van der Waals surface area contributed by atoms with Gasteiger partial charge < -0.3 is 9.52 Å². The Hall–Kier alpha value is -2.16. The van der Waals surface area contributed by atoms with Gasteiger partial charge in [0.15, 0.2) is 0 Å². The first-order chi connectivity index (χ1) is 13.8. The molecule has 1 aromatic heterocycles. The Balaban J connectivity index is 1.66. The third-order valence-electron chi connectivity index (χ3n) is 4.24. The van der Waals surface area contributed by atoms with Gasteiger partial charge in [0.2, 0.25) is 0 Å². The third kappa shape index (κ3) is 5.46. The molecule has 0 aliphatic carbocycles. The van der Waals surface area contributed by atoms with E-state index in [2.05, 4.69) is 0 Å². The van der Waals surface area contributed by atoms with Gasteiger partial charge in [0.25, 0.3) is 5.91 Å². The molecule has 0 bridgehead atoms. The minimum atomic E-state index is -0.825. The summed E-state index contributed by atoms with van der Waals surface area (Å²) in [5, 5.41) is 9.05. The second-order valence-corrected chi connectivity index (χ2v) is 8.48. The maximum Gasteiger partial charge on any atom is 0.303 e. The summed E-state index contributed by atoms with van der Waals surface area (Å²) in [6, 6.07) is 7.46. The fourth-order valence-electron chi connectivity index (χ4n) is 2.81. The fourth-order valence-corrected chi connectivity index (χ4v) is 4.27. The Morgan fingerprint density at radius 1 is 1.28 bits per heavy atom. The molecule has 1 amide bonds. The number of hydrogen-bond donors (Lipinski definition) is 1. The molecule has 9 heteroatoms. The van der Waals surface area contributed by atoms with E-state index in [4.69, 9.17) is 33.3 Å². The zero-order valence-corrected chi connectivity index (χ0v) is 17.6. The number of hydrogen-bond acceptors (Lipinski definition) is 5. The lowest BCUT2D eigenvalue weighted by molar-refractivity contribution is -0.137. The number of nitrogens with zero attached hydrogens (tertiary/aromatic N) is 1. The van der Waals surface area contributed by atoms with Crippen LogP contribution in [0.15, 0.2) is 39.7 Å². The number of aliphatic carboxylic acids is 1. The minimum absolute atomic E-state index is 0.117. The Morgan fingerprint density at radius 2 is 2.07 bits per heavy atom. The van der Waals surface area contributed by atoms with Crippen molar-refractivity contribution in [2.75, 3.05) is 6.54 Å². The summed E-state index contributed by atoms with van der Waals surface area (Å²) in [4.78, 5) is 25.1. The van der Waals surface area contributed by atoms with Gasteiger partial charge >= 0.3 is 5.97 Å². The Kier molecular flexibility index (Phi) is 7.10. The number of rotatable bonds is 8. The average molecular weight is 454 g/mol. The summed E-state index contributed by atoms with van der Waals surface area (Å²) >= 11 is 12.4. The molecule has 0 unspecified atom stereocenters. The van der Waals surface area contributed by atoms with Gasteiger partial charge in [-0.2, -0.15) is 0 Å².